The van der Waals surface area contributed by atoms with Crippen molar-refractivity contribution in [3.05, 3.63) is 53.6 Å². The molecule has 5 rings (SSSR count). The molecule has 1 amide bonds. The predicted octanol–water partition coefficient (Wildman–Crippen LogP) is 3.47. The number of ether oxygens (including phenoxy) is 1. The van der Waals surface area contributed by atoms with Crippen LogP contribution in [0.3, 0.4) is 0 Å². The van der Waals surface area contributed by atoms with E-state index in [2.05, 4.69) is 63.3 Å². The summed E-state index contributed by atoms with van der Waals surface area (Å²) < 4.78 is 5.53. The second kappa shape index (κ2) is 10.3. The molecule has 3 aliphatic rings. The van der Waals surface area contributed by atoms with Gasteiger partial charge in [-0.1, -0.05) is 30.2 Å². The summed E-state index contributed by atoms with van der Waals surface area (Å²) in [6, 6.07) is 15.2. The van der Waals surface area contributed by atoms with E-state index in [1.54, 1.807) is 7.11 Å². The summed E-state index contributed by atoms with van der Waals surface area (Å²) in [5.74, 6) is 1.01. The van der Waals surface area contributed by atoms with Gasteiger partial charge < -0.3 is 24.8 Å². The van der Waals surface area contributed by atoms with E-state index in [1.165, 1.54) is 41.8 Å². The largest absolute Gasteiger partial charge is 0.497 e. The monoisotopic (exact) mass is 462 g/mol. The normalized spacial score (nSPS) is 22.6. The number of carbonyl (C=O) groups is 1. The Labute approximate surface area is 203 Å². The molecule has 3 aliphatic heterocycles. The summed E-state index contributed by atoms with van der Waals surface area (Å²) in [5, 5.41) is 3.30. The number of benzene rings is 2. The molecule has 3 heterocycles. The minimum absolute atomic E-state index is 0.0597. The molecule has 2 atom stereocenters. The summed E-state index contributed by atoms with van der Waals surface area (Å²) in [7, 11) is 1.72. The van der Waals surface area contributed by atoms with Crippen molar-refractivity contribution in [3.63, 3.8) is 0 Å². The highest BCUT2D eigenvalue weighted by atomic mass is 16.5. The van der Waals surface area contributed by atoms with E-state index in [4.69, 9.17) is 4.74 Å². The first-order chi connectivity index (χ1) is 16.6. The van der Waals surface area contributed by atoms with E-state index in [-0.39, 0.29) is 17.9 Å². The summed E-state index contributed by atoms with van der Waals surface area (Å²) in [4.78, 5) is 20.9. The van der Waals surface area contributed by atoms with Gasteiger partial charge in [0, 0.05) is 50.2 Å². The number of anilines is 2. The van der Waals surface area contributed by atoms with Crippen molar-refractivity contribution in [2.45, 2.75) is 38.6 Å². The first-order valence-electron chi connectivity index (χ1n) is 12.9. The molecule has 0 bridgehead atoms. The van der Waals surface area contributed by atoms with Crippen LogP contribution in [-0.4, -0.2) is 69.8 Å². The molecule has 0 saturated carbocycles. The number of aryl methyl sites for hydroxylation is 1. The lowest BCUT2D eigenvalue weighted by atomic mass is 9.83. The van der Waals surface area contributed by atoms with Crippen LogP contribution in [0.25, 0.3) is 0 Å². The third-order valence-electron chi connectivity index (χ3n) is 7.84. The van der Waals surface area contributed by atoms with Gasteiger partial charge in [-0.3, -0.25) is 4.79 Å². The third kappa shape index (κ3) is 4.88. The van der Waals surface area contributed by atoms with Crippen molar-refractivity contribution in [1.82, 2.24) is 10.2 Å². The maximum Gasteiger partial charge on any atom is 0.225 e. The number of piperidine rings is 1. The van der Waals surface area contributed by atoms with E-state index in [9.17, 15) is 4.79 Å². The van der Waals surface area contributed by atoms with Crippen LogP contribution < -0.4 is 19.9 Å². The number of fused-ring (bicyclic) bond motifs is 3. The lowest BCUT2D eigenvalue weighted by Crippen LogP contribution is -2.61. The Morgan fingerprint density at radius 2 is 1.82 bits per heavy atom. The second-order valence-electron chi connectivity index (χ2n) is 10.0. The maximum absolute atomic E-state index is 13.5. The van der Waals surface area contributed by atoms with Gasteiger partial charge in [0.05, 0.1) is 19.1 Å². The van der Waals surface area contributed by atoms with Crippen molar-refractivity contribution in [1.29, 1.82) is 0 Å². The Morgan fingerprint density at radius 1 is 1.03 bits per heavy atom. The fourth-order valence-electron chi connectivity index (χ4n) is 5.85. The molecule has 0 aromatic heterocycles. The van der Waals surface area contributed by atoms with Gasteiger partial charge in [0.2, 0.25) is 5.91 Å². The molecule has 0 spiro atoms. The molecule has 182 valence electrons. The number of amides is 1. The fraction of sp³-hybridized carbons (Fsp3) is 0.536. The van der Waals surface area contributed by atoms with E-state index in [0.29, 0.717) is 0 Å². The fourth-order valence-corrected chi connectivity index (χ4v) is 5.85. The van der Waals surface area contributed by atoms with Crippen LogP contribution in [-0.2, 0) is 11.2 Å². The Hall–Kier alpha value is -2.73. The van der Waals surface area contributed by atoms with Crippen LogP contribution in [0.2, 0.25) is 0 Å². The van der Waals surface area contributed by atoms with Crippen LogP contribution in [0.5, 0.6) is 5.75 Å². The van der Waals surface area contributed by atoms with E-state index < -0.39 is 0 Å². The number of piperazine rings is 1. The van der Waals surface area contributed by atoms with Gasteiger partial charge in [-0.15, -0.1) is 0 Å². The highest BCUT2D eigenvalue weighted by molar-refractivity contribution is 5.82. The van der Waals surface area contributed by atoms with Crippen molar-refractivity contribution in [3.8, 4) is 5.75 Å². The summed E-state index contributed by atoms with van der Waals surface area (Å²) in [6.45, 7) is 8.83. The molecule has 2 saturated heterocycles. The van der Waals surface area contributed by atoms with E-state index in [1.807, 2.05) is 6.07 Å². The number of nitrogens with zero attached hydrogens (tertiary/aromatic N) is 3. The topological polar surface area (TPSA) is 48.1 Å². The minimum atomic E-state index is -0.0597. The molecule has 0 aliphatic carbocycles. The number of hydrogen-bond donors (Lipinski definition) is 1. The molecule has 2 aromatic rings. The number of hydrogen-bond acceptors (Lipinski definition) is 5. The average molecular weight is 463 g/mol. The standard InChI is InChI=1S/C28H38N4O2/c1-21-6-9-23(10-7-21)31-16-17-32-26-19-24(34-2)11-8-22(26)18-25(27(32)20-31)28(33)29-12-15-30-13-4-3-5-14-30/h6-11,19,25,27H,3-5,12-18,20H2,1-2H3,(H,29,33). The highest BCUT2D eigenvalue weighted by Crippen LogP contribution is 2.39. The number of rotatable bonds is 6. The molecule has 6 nitrogen and oxygen atoms in total. The predicted molar refractivity (Wildman–Crippen MR) is 138 cm³/mol. The van der Waals surface area contributed by atoms with Crippen LogP contribution in [0.4, 0.5) is 11.4 Å². The van der Waals surface area contributed by atoms with Crippen molar-refractivity contribution >= 4 is 17.3 Å². The number of methoxy groups -OCH3 is 1. The highest BCUT2D eigenvalue weighted by Gasteiger charge is 2.41. The maximum atomic E-state index is 13.5. The first-order valence-corrected chi connectivity index (χ1v) is 12.9. The van der Waals surface area contributed by atoms with Crippen molar-refractivity contribution < 1.29 is 9.53 Å². The first kappa shape index (κ1) is 23.0. The van der Waals surface area contributed by atoms with E-state index >= 15 is 0 Å². The van der Waals surface area contributed by atoms with Crippen LogP contribution >= 0.6 is 0 Å². The van der Waals surface area contributed by atoms with Gasteiger partial charge in [-0.05, 0) is 63.0 Å². The van der Waals surface area contributed by atoms with Gasteiger partial charge >= 0.3 is 0 Å². The molecule has 2 fully saturated rings. The third-order valence-corrected chi connectivity index (χ3v) is 7.84. The van der Waals surface area contributed by atoms with Crippen LogP contribution in [0.15, 0.2) is 42.5 Å². The smallest absolute Gasteiger partial charge is 0.225 e. The molecule has 0 radical (unpaired) electrons. The molecule has 2 unspecified atom stereocenters. The van der Waals surface area contributed by atoms with Crippen molar-refractivity contribution in [2.24, 2.45) is 5.92 Å². The number of likely N-dealkylation sites (tertiary alicyclic amines) is 1. The summed E-state index contributed by atoms with van der Waals surface area (Å²) >= 11 is 0. The Balaban J connectivity index is 1.34. The SMILES string of the molecule is COc1ccc2c(c1)N1CCN(c3ccc(C)cc3)CC1C(C(=O)NCCN1CCCCC1)C2. The average Bonchev–Trinajstić information content (AvgIpc) is 2.88. The zero-order valence-corrected chi connectivity index (χ0v) is 20.6. The number of nitrogens with one attached hydrogen (secondary N) is 1. The molecule has 34 heavy (non-hydrogen) atoms. The van der Waals surface area contributed by atoms with Gasteiger partial charge in [0.15, 0.2) is 0 Å². The van der Waals surface area contributed by atoms with Gasteiger partial charge in [-0.2, -0.15) is 0 Å². The summed E-state index contributed by atoms with van der Waals surface area (Å²) in [5.41, 5.74) is 4.99. The zero-order valence-electron chi connectivity index (χ0n) is 20.6. The Bertz CT molecular complexity index is 986. The molecule has 1 N–H and O–H groups in total. The lowest BCUT2D eigenvalue weighted by molar-refractivity contribution is -0.125. The van der Waals surface area contributed by atoms with Crippen LogP contribution in [0.1, 0.15) is 30.4 Å². The minimum Gasteiger partial charge on any atom is -0.497 e. The Morgan fingerprint density at radius 3 is 2.59 bits per heavy atom. The number of carbonyl (C=O) groups excluding carboxylic acids is 1. The lowest BCUT2D eigenvalue weighted by Gasteiger charge is -2.49. The quantitative estimate of drug-likeness (QED) is 0.712. The summed E-state index contributed by atoms with van der Waals surface area (Å²) in [6.07, 6.45) is 4.67. The Kier molecular flexibility index (Phi) is 6.95. The zero-order chi connectivity index (χ0) is 23.5. The van der Waals surface area contributed by atoms with Crippen LogP contribution in [0, 0.1) is 12.8 Å². The molecule has 2 aromatic carbocycles. The molecular weight excluding hydrogens is 424 g/mol. The molecule has 6 heteroatoms. The van der Waals surface area contributed by atoms with Gasteiger partial charge in [-0.25, -0.2) is 0 Å². The second-order valence-corrected chi connectivity index (χ2v) is 10.0. The van der Waals surface area contributed by atoms with Crippen molar-refractivity contribution in [2.75, 3.05) is 62.7 Å². The molecular formula is C28H38N4O2. The van der Waals surface area contributed by atoms with Gasteiger partial charge in [0.1, 0.15) is 5.75 Å². The van der Waals surface area contributed by atoms with Gasteiger partial charge in [0.25, 0.3) is 0 Å². The van der Waals surface area contributed by atoms with E-state index in [0.717, 1.165) is 58.0 Å².